The summed E-state index contributed by atoms with van der Waals surface area (Å²) in [5.74, 6) is -1.13. The Morgan fingerprint density at radius 3 is 2.52 bits per heavy atom. The number of hydrogen-bond acceptors (Lipinski definition) is 5. The molecule has 0 bridgehead atoms. The fourth-order valence-electron chi connectivity index (χ4n) is 2.45. The van der Waals surface area contributed by atoms with Crippen molar-refractivity contribution in [1.82, 2.24) is 0 Å². The topological polar surface area (TPSA) is 116 Å². The van der Waals surface area contributed by atoms with E-state index in [1.54, 1.807) is 12.1 Å². The van der Waals surface area contributed by atoms with E-state index in [4.69, 9.17) is 21.5 Å². The van der Waals surface area contributed by atoms with Gasteiger partial charge in [-0.05, 0) is 42.0 Å². The Morgan fingerprint density at radius 1 is 1.20 bits per heavy atom. The van der Waals surface area contributed by atoms with Crippen molar-refractivity contribution >= 4 is 39.2 Å². The molecule has 0 radical (unpaired) electrons. The molecule has 0 aliphatic carbocycles. The quantitative estimate of drug-likeness (QED) is 0.786. The van der Waals surface area contributed by atoms with E-state index in [2.05, 4.69) is 5.32 Å². The number of nitrogens with one attached hydrogen (secondary N) is 1. The van der Waals surface area contributed by atoms with Gasteiger partial charge in [-0.2, -0.15) is 0 Å². The van der Waals surface area contributed by atoms with Gasteiger partial charge in [-0.3, -0.25) is 4.79 Å². The Bertz CT molecular complexity index is 957. The third-order valence-electron chi connectivity index (χ3n) is 3.69. The number of halogens is 1. The summed E-state index contributed by atoms with van der Waals surface area (Å²) in [6, 6.07) is 10.2. The van der Waals surface area contributed by atoms with Gasteiger partial charge in [-0.25, -0.2) is 18.4 Å². The van der Waals surface area contributed by atoms with Crippen molar-refractivity contribution in [3.8, 4) is 0 Å². The average molecular weight is 381 g/mol. The standard InChI is InChI=1S/C16H13ClN2O5S/c17-10-2-1-9-7-14(24-16(21)13(9)8-10)15(20)19-11-3-5-12(6-4-11)25(18,22)23/h1-6,8,14H,7H2,(H,19,20)(H2,18,22,23)/t14-/m1/s1. The van der Waals surface area contributed by atoms with Gasteiger partial charge in [0.15, 0.2) is 6.10 Å². The molecule has 9 heteroatoms. The smallest absolute Gasteiger partial charge is 0.339 e. The molecule has 1 heterocycles. The fraction of sp³-hybridized carbons (Fsp3) is 0.125. The Hall–Kier alpha value is -2.42. The SMILES string of the molecule is NS(=O)(=O)c1ccc(NC(=O)[C@H]2Cc3ccc(Cl)cc3C(=O)O2)cc1. The zero-order valence-electron chi connectivity index (χ0n) is 12.7. The maximum atomic E-state index is 12.3. The van der Waals surface area contributed by atoms with Crippen molar-refractivity contribution < 1.29 is 22.7 Å². The van der Waals surface area contributed by atoms with Crippen molar-refractivity contribution in [1.29, 1.82) is 0 Å². The minimum absolute atomic E-state index is 0.0691. The number of cyclic esters (lactones) is 1. The second kappa shape index (κ2) is 6.47. The van der Waals surface area contributed by atoms with Crippen LogP contribution in [-0.4, -0.2) is 26.4 Å². The number of benzene rings is 2. The first-order valence-corrected chi connectivity index (χ1v) is 9.09. The summed E-state index contributed by atoms with van der Waals surface area (Å²) in [5, 5.41) is 8.00. The number of carbonyl (C=O) groups is 2. The molecule has 2 aromatic rings. The van der Waals surface area contributed by atoms with E-state index in [9.17, 15) is 18.0 Å². The monoisotopic (exact) mass is 380 g/mol. The molecule has 3 N–H and O–H groups in total. The summed E-state index contributed by atoms with van der Waals surface area (Å²) in [5.41, 5.74) is 1.37. The third kappa shape index (κ3) is 3.81. The lowest BCUT2D eigenvalue weighted by atomic mass is 9.98. The molecule has 0 fully saturated rings. The first-order valence-electron chi connectivity index (χ1n) is 7.17. The van der Waals surface area contributed by atoms with Gasteiger partial charge in [0.2, 0.25) is 10.0 Å². The predicted octanol–water partition coefficient (Wildman–Crippen LogP) is 1.71. The van der Waals surface area contributed by atoms with E-state index in [0.717, 1.165) is 0 Å². The molecule has 0 aromatic heterocycles. The fourth-order valence-corrected chi connectivity index (χ4v) is 3.14. The van der Waals surface area contributed by atoms with Gasteiger partial charge in [0.05, 0.1) is 10.5 Å². The Morgan fingerprint density at radius 2 is 1.88 bits per heavy atom. The number of anilines is 1. The Labute approximate surface area is 148 Å². The average Bonchev–Trinajstić information content (AvgIpc) is 2.55. The molecule has 0 unspecified atom stereocenters. The summed E-state index contributed by atoms with van der Waals surface area (Å²) in [7, 11) is -3.81. The van der Waals surface area contributed by atoms with Crippen LogP contribution < -0.4 is 10.5 Å². The molecular weight excluding hydrogens is 368 g/mol. The van der Waals surface area contributed by atoms with Crippen molar-refractivity contribution in [2.24, 2.45) is 5.14 Å². The number of sulfonamides is 1. The molecule has 25 heavy (non-hydrogen) atoms. The molecule has 0 saturated carbocycles. The number of hydrogen-bond donors (Lipinski definition) is 2. The first-order chi connectivity index (χ1) is 11.7. The second-order valence-electron chi connectivity index (χ2n) is 5.46. The van der Waals surface area contributed by atoms with Crippen molar-refractivity contribution in [3.05, 3.63) is 58.6 Å². The zero-order valence-corrected chi connectivity index (χ0v) is 14.3. The van der Waals surface area contributed by atoms with Crippen LogP contribution in [-0.2, 0) is 26.0 Å². The van der Waals surface area contributed by atoms with Crippen LogP contribution in [0.25, 0.3) is 0 Å². The van der Waals surface area contributed by atoms with Gasteiger partial charge in [0.1, 0.15) is 0 Å². The van der Waals surface area contributed by atoms with Crippen LogP contribution in [0, 0.1) is 0 Å². The van der Waals surface area contributed by atoms with Gasteiger partial charge in [0.25, 0.3) is 5.91 Å². The number of rotatable bonds is 3. The zero-order chi connectivity index (χ0) is 18.2. The minimum Gasteiger partial charge on any atom is -0.448 e. The van der Waals surface area contributed by atoms with E-state index in [-0.39, 0.29) is 11.3 Å². The van der Waals surface area contributed by atoms with Crippen LogP contribution in [0.15, 0.2) is 47.4 Å². The van der Waals surface area contributed by atoms with Crippen LogP contribution in [0.1, 0.15) is 15.9 Å². The van der Waals surface area contributed by atoms with E-state index >= 15 is 0 Å². The van der Waals surface area contributed by atoms with Crippen LogP contribution in [0.2, 0.25) is 5.02 Å². The third-order valence-corrected chi connectivity index (χ3v) is 4.85. The number of nitrogens with two attached hydrogens (primary N) is 1. The van der Waals surface area contributed by atoms with E-state index in [0.29, 0.717) is 21.8 Å². The lowest BCUT2D eigenvalue weighted by Gasteiger charge is -2.24. The van der Waals surface area contributed by atoms with Crippen molar-refractivity contribution in [2.75, 3.05) is 5.32 Å². The second-order valence-corrected chi connectivity index (χ2v) is 7.46. The van der Waals surface area contributed by atoms with Crippen molar-refractivity contribution in [3.63, 3.8) is 0 Å². The highest BCUT2D eigenvalue weighted by molar-refractivity contribution is 7.89. The highest BCUT2D eigenvalue weighted by atomic mass is 35.5. The molecule has 1 amide bonds. The number of esters is 1. The minimum atomic E-state index is -3.81. The number of amides is 1. The number of ether oxygens (including phenoxy) is 1. The molecule has 130 valence electrons. The van der Waals surface area contributed by atoms with Crippen LogP contribution in [0.5, 0.6) is 0 Å². The summed E-state index contributed by atoms with van der Waals surface area (Å²) in [4.78, 5) is 24.3. The predicted molar refractivity (Wildman–Crippen MR) is 90.8 cm³/mol. The molecular formula is C16H13ClN2O5S. The van der Waals surface area contributed by atoms with Crippen LogP contribution >= 0.6 is 11.6 Å². The van der Waals surface area contributed by atoms with Gasteiger partial charge in [0, 0.05) is 17.1 Å². The number of carbonyl (C=O) groups excluding carboxylic acids is 2. The van der Waals surface area contributed by atoms with Crippen LogP contribution in [0.4, 0.5) is 5.69 Å². The molecule has 0 spiro atoms. The van der Waals surface area contributed by atoms with Crippen LogP contribution in [0.3, 0.4) is 0 Å². The highest BCUT2D eigenvalue weighted by Gasteiger charge is 2.31. The van der Waals surface area contributed by atoms with Gasteiger partial charge >= 0.3 is 5.97 Å². The van der Waals surface area contributed by atoms with E-state index in [1.807, 2.05) is 0 Å². The van der Waals surface area contributed by atoms with Gasteiger partial charge in [-0.15, -0.1) is 0 Å². The molecule has 7 nitrogen and oxygen atoms in total. The van der Waals surface area contributed by atoms with E-state index in [1.165, 1.54) is 30.3 Å². The maximum Gasteiger partial charge on any atom is 0.339 e. The Kier molecular flexibility index (Phi) is 4.51. The van der Waals surface area contributed by atoms with E-state index < -0.39 is 28.0 Å². The number of fused-ring (bicyclic) bond motifs is 1. The summed E-state index contributed by atoms with van der Waals surface area (Å²) < 4.78 is 27.6. The van der Waals surface area contributed by atoms with Gasteiger partial charge in [-0.1, -0.05) is 17.7 Å². The molecule has 1 aliphatic heterocycles. The van der Waals surface area contributed by atoms with Gasteiger partial charge < -0.3 is 10.1 Å². The summed E-state index contributed by atoms with van der Waals surface area (Å²) in [6.45, 7) is 0. The molecule has 1 atom stereocenters. The normalized spacial score (nSPS) is 16.7. The maximum absolute atomic E-state index is 12.3. The Balaban J connectivity index is 1.74. The first kappa shape index (κ1) is 17.4. The molecule has 1 aliphatic rings. The molecule has 2 aromatic carbocycles. The summed E-state index contributed by atoms with van der Waals surface area (Å²) in [6.07, 6.45) is -0.765. The number of primary sulfonamides is 1. The summed E-state index contributed by atoms with van der Waals surface area (Å²) >= 11 is 5.85. The lowest BCUT2D eigenvalue weighted by molar-refractivity contribution is -0.125. The molecule has 3 rings (SSSR count). The molecule has 0 saturated heterocycles. The van der Waals surface area contributed by atoms with Crippen molar-refractivity contribution in [2.45, 2.75) is 17.4 Å². The highest BCUT2D eigenvalue weighted by Crippen LogP contribution is 2.25. The largest absolute Gasteiger partial charge is 0.448 e. The lowest BCUT2D eigenvalue weighted by Crippen LogP contribution is -2.38.